The van der Waals surface area contributed by atoms with Crippen molar-refractivity contribution in [3.8, 4) is 0 Å². The van der Waals surface area contributed by atoms with Gasteiger partial charge in [0.25, 0.3) is 0 Å². The molecule has 0 aliphatic carbocycles. The third-order valence-corrected chi connectivity index (χ3v) is 3.33. The standard InChI is InChI=1S/C14H26N2O3/c1-11(2)10-13(17)15-12-4-7-16(8-5-12)14(18)6-9-19-3/h11-12H,4-10H2,1-3H3,(H,15,17). The van der Waals surface area contributed by atoms with Crippen LogP contribution in [0.4, 0.5) is 0 Å². The van der Waals surface area contributed by atoms with Crippen molar-refractivity contribution < 1.29 is 14.3 Å². The zero-order chi connectivity index (χ0) is 14.3. The second-order valence-corrected chi connectivity index (χ2v) is 5.56. The number of nitrogens with zero attached hydrogens (tertiary/aromatic N) is 1. The van der Waals surface area contributed by atoms with Crippen molar-refractivity contribution in [2.75, 3.05) is 26.8 Å². The molecule has 1 aliphatic heterocycles. The van der Waals surface area contributed by atoms with Gasteiger partial charge in [0.05, 0.1) is 13.0 Å². The molecule has 0 spiro atoms. The number of carbonyl (C=O) groups excluding carboxylic acids is 2. The highest BCUT2D eigenvalue weighted by Gasteiger charge is 2.23. The maximum absolute atomic E-state index is 11.8. The fourth-order valence-corrected chi connectivity index (χ4v) is 2.28. The molecule has 0 aromatic rings. The predicted molar refractivity (Wildman–Crippen MR) is 73.7 cm³/mol. The first-order valence-electron chi connectivity index (χ1n) is 7.09. The van der Waals surface area contributed by atoms with E-state index in [4.69, 9.17) is 4.74 Å². The van der Waals surface area contributed by atoms with Crippen LogP contribution in [0.5, 0.6) is 0 Å². The van der Waals surface area contributed by atoms with E-state index < -0.39 is 0 Å². The van der Waals surface area contributed by atoms with Crippen molar-refractivity contribution in [2.24, 2.45) is 5.92 Å². The van der Waals surface area contributed by atoms with Gasteiger partial charge in [0.15, 0.2) is 0 Å². The summed E-state index contributed by atoms with van der Waals surface area (Å²) in [7, 11) is 1.60. The number of rotatable bonds is 6. The SMILES string of the molecule is COCCC(=O)N1CCC(NC(=O)CC(C)C)CC1. The summed E-state index contributed by atoms with van der Waals surface area (Å²) >= 11 is 0. The summed E-state index contributed by atoms with van der Waals surface area (Å²) in [5.74, 6) is 0.656. The predicted octanol–water partition coefficient (Wildman–Crippen LogP) is 1.18. The highest BCUT2D eigenvalue weighted by atomic mass is 16.5. The van der Waals surface area contributed by atoms with Crippen LogP contribution in [0.25, 0.3) is 0 Å². The normalized spacial score (nSPS) is 16.7. The highest BCUT2D eigenvalue weighted by Crippen LogP contribution is 2.12. The van der Waals surface area contributed by atoms with Crippen LogP contribution in [-0.4, -0.2) is 49.6 Å². The fourth-order valence-electron chi connectivity index (χ4n) is 2.28. The molecule has 1 aliphatic rings. The molecule has 0 radical (unpaired) electrons. The molecule has 19 heavy (non-hydrogen) atoms. The minimum Gasteiger partial charge on any atom is -0.384 e. The van der Waals surface area contributed by atoms with E-state index in [1.807, 2.05) is 18.7 Å². The Hall–Kier alpha value is -1.10. The second-order valence-electron chi connectivity index (χ2n) is 5.56. The molecule has 1 N–H and O–H groups in total. The van der Waals surface area contributed by atoms with Gasteiger partial charge in [0, 0.05) is 32.7 Å². The van der Waals surface area contributed by atoms with Crippen molar-refractivity contribution >= 4 is 11.8 Å². The molecule has 0 aromatic carbocycles. The Morgan fingerprint density at radius 2 is 1.95 bits per heavy atom. The molecule has 0 aromatic heterocycles. The number of hydrogen-bond acceptors (Lipinski definition) is 3. The average Bonchev–Trinajstić information content (AvgIpc) is 2.35. The maximum Gasteiger partial charge on any atom is 0.224 e. The summed E-state index contributed by atoms with van der Waals surface area (Å²) in [5.41, 5.74) is 0. The Morgan fingerprint density at radius 3 is 2.47 bits per heavy atom. The van der Waals surface area contributed by atoms with Crippen molar-refractivity contribution in [2.45, 2.75) is 45.6 Å². The Morgan fingerprint density at radius 1 is 1.32 bits per heavy atom. The lowest BCUT2D eigenvalue weighted by atomic mass is 10.0. The molecule has 0 bridgehead atoms. The second kappa shape index (κ2) is 8.15. The topological polar surface area (TPSA) is 58.6 Å². The lowest BCUT2D eigenvalue weighted by Crippen LogP contribution is -2.46. The number of nitrogens with one attached hydrogen (secondary N) is 1. The van der Waals surface area contributed by atoms with E-state index in [9.17, 15) is 9.59 Å². The zero-order valence-electron chi connectivity index (χ0n) is 12.3. The first-order valence-corrected chi connectivity index (χ1v) is 7.09. The number of piperidine rings is 1. The molecule has 0 atom stereocenters. The quantitative estimate of drug-likeness (QED) is 0.788. The van der Waals surface area contributed by atoms with E-state index in [2.05, 4.69) is 5.32 Å². The minimum absolute atomic E-state index is 0.124. The molecular formula is C14H26N2O3. The molecule has 0 saturated carbocycles. The van der Waals surface area contributed by atoms with Crippen molar-refractivity contribution in [1.29, 1.82) is 0 Å². The van der Waals surface area contributed by atoms with Crippen LogP contribution in [0, 0.1) is 5.92 Å². The summed E-state index contributed by atoms with van der Waals surface area (Å²) in [6.45, 7) is 6.02. The third-order valence-electron chi connectivity index (χ3n) is 3.33. The smallest absolute Gasteiger partial charge is 0.224 e. The maximum atomic E-state index is 11.8. The molecule has 5 heteroatoms. The zero-order valence-corrected chi connectivity index (χ0v) is 12.3. The van der Waals surface area contributed by atoms with Gasteiger partial charge in [-0.05, 0) is 18.8 Å². The molecule has 0 unspecified atom stereocenters. The van der Waals surface area contributed by atoms with Gasteiger partial charge >= 0.3 is 0 Å². The van der Waals surface area contributed by atoms with Gasteiger partial charge in [-0.25, -0.2) is 0 Å². The van der Waals surface area contributed by atoms with Gasteiger partial charge in [-0.3, -0.25) is 9.59 Å². The van der Waals surface area contributed by atoms with Crippen LogP contribution in [0.2, 0.25) is 0 Å². The van der Waals surface area contributed by atoms with Gasteiger partial charge in [0.1, 0.15) is 0 Å². The first kappa shape index (κ1) is 16.0. The molecule has 5 nitrogen and oxygen atoms in total. The van der Waals surface area contributed by atoms with Gasteiger partial charge in [-0.2, -0.15) is 0 Å². The van der Waals surface area contributed by atoms with Gasteiger partial charge < -0.3 is 15.0 Å². The molecule has 1 rings (SSSR count). The Kier molecular flexibility index (Phi) is 6.84. The van der Waals surface area contributed by atoms with Crippen LogP contribution in [0.15, 0.2) is 0 Å². The van der Waals surface area contributed by atoms with Gasteiger partial charge in [-0.1, -0.05) is 13.8 Å². The number of hydrogen-bond donors (Lipinski definition) is 1. The number of likely N-dealkylation sites (tertiary alicyclic amines) is 1. The summed E-state index contributed by atoms with van der Waals surface area (Å²) in [4.78, 5) is 25.3. The van der Waals surface area contributed by atoms with Gasteiger partial charge in [0.2, 0.25) is 11.8 Å². The minimum atomic E-state index is 0.124. The van der Waals surface area contributed by atoms with Crippen LogP contribution in [0.3, 0.4) is 0 Å². The first-order chi connectivity index (χ1) is 9.02. The summed E-state index contributed by atoms with van der Waals surface area (Å²) in [5, 5.41) is 3.05. The summed E-state index contributed by atoms with van der Waals surface area (Å²) < 4.78 is 4.91. The molecule has 2 amide bonds. The van der Waals surface area contributed by atoms with Crippen LogP contribution < -0.4 is 5.32 Å². The number of methoxy groups -OCH3 is 1. The molecule has 1 saturated heterocycles. The Balaban J connectivity index is 2.25. The Labute approximate surface area is 115 Å². The van der Waals surface area contributed by atoms with Crippen LogP contribution >= 0.6 is 0 Å². The lowest BCUT2D eigenvalue weighted by molar-refractivity contribution is -0.133. The monoisotopic (exact) mass is 270 g/mol. The van der Waals surface area contributed by atoms with E-state index in [0.29, 0.717) is 25.4 Å². The number of ether oxygens (including phenoxy) is 1. The van der Waals surface area contributed by atoms with E-state index in [-0.39, 0.29) is 17.9 Å². The third kappa shape index (κ3) is 6.05. The number of carbonyl (C=O) groups is 2. The van der Waals surface area contributed by atoms with Crippen molar-refractivity contribution in [3.05, 3.63) is 0 Å². The average molecular weight is 270 g/mol. The van der Waals surface area contributed by atoms with E-state index in [0.717, 1.165) is 25.9 Å². The fraction of sp³-hybridized carbons (Fsp3) is 0.857. The summed E-state index contributed by atoms with van der Waals surface area (Å²) in [6.07, 6.45) is 2.72. The van der Waals surface area contributed by atoms with Crippen molar-refractivity contribution in [1.82, 2.24) is 10.2 Å². The van der Waals surface area contributed by atoms with Gasteiger partial charge in [-0.15, -0.1) is 0 Å². The molecule has 1 heterocycles. The van der Waals surface area contributed by atoms with Crippen molar-refractivity contribution in [3.63, 3.8) is 0 Å². The van der Waals surface area contributed by atoms with E-state index >= 15 is 0 Å². The Bertz CT molecular complexity index is 297. The lowest BCUT2D eigenvalue weighted by Gasteiger charge is -2.32. The highest BCUT2D eigenvalue weighted by molar-refractivity contribution is 5.77. The molecule has 110 valence electrons. The van der Waals surface area contributed by atoms with E-state index in [1.54, 1.807) is 7.11 Å². The van der Waals surface area contributed by atoms with E-state index in [1.165, 1.54) is 0 Å². The molecule has 1 fully saturated rings. The largest absolute Gasteiger partial charge is 0.384 e. The summed E-state index contributed by atoms with van der Waals surface area (Å²) in [6, 6.07) is 0.220. The van der Waals surface area contributed by atoms with Crippen LogP contribution in [-0.2, 0) is 14.3 Å². The number of amides is 2. The molecular weight excluding hydrogens is 244 g/mol. The van der Waals surface area contributed by atoms with Crippen LogP contribution in [0.1, 0.15) is 39.5 Å².